The van der Waals surface area contributed by atoms with Crippen LogP contribution in [-0.2, 0) is 6.54 Å². The molecule has 1 aromatic carbocycles. The van der Waals surface area contributed by atoms with E-state index in [0.29, 0.717) is 34.1 Å². The lowest BCUT2D eigenvalue weighted by molar-refractivity contribution is 0.460. The van der Waals surface area contributed by atoms with Crippen molar-refractivity contribution >= 4 is 34.9 Å². The van der Waals surface area contributed by atoms with Crippen molar-refractivity contribution in [3.05, 3.63) is 33.6 Å². The molecule has 7 heteroatoms. The number of aryl methyl sites for hydroxylation is 1. The van der Waals surface area contributed by atoms with Gasteiger partial charge in [0.25, 0.3) is 0 Å². The maximum absolute atomic E-state index is 6.15. The fraction of sp³-hybridized carbons (Fsp3) is 0.429. The van der Waals surface area contributed by atoms with Gasteiger partial charge in [-0.15, -0.1) is 5.10 Å². The molecule has 0 radical (unpaired) electrons. The van der Waals surface area contributed by atoms with E-state index < -0.39 is 0 Å². The Kier molecular flexibility index (Phi) is 5.45. The third kappa shape index (κ3) is 4.59. The van der Waals surface area contributed by atoms with Crippen LogP contribution in [0.5, 0.6) is 0 Å². The molecule has 2 N–H and O–H groups in total. The number of nitrogens with zero attached hydrogens (tertiary/aromatic N) is 2. The Morgan fingerprint density at radius 2 is 1.95 bits per heavy atom. The van der Waals surface area contributed by atoms with Crippen LogP contribution in [0.2, 0.25) is 10.0 Å². The topological polar surface area (TPSA) is 63.0 Å². The van der Waals surface area contributed by atoms with E-state index in [4.69, 9.17) is 27.6 Å². The van der Waals surface area contributed by atoms with Crippen LogP contribution in [0.25, 0.3) is 0 Å². The summed E-state index contributed by atoms with van der Waals surface area (Å²) < 4.78 is 5.50. The zero-order valence-corrected chi connectivity index (χ0v) is 13.7. The second kappa shape index (κ2) is 7.11. The molecule has 21 heavy (non-hydrogen) atoms. The second-order valence-electron chi connectivity index (χ2n) is 5.23. The van der Waals surface area contributed by atoms with E-state index in [1.165, 1.54) is 0 Å². The Morgan fingerprint density at radius 1 is 1.19 bits per heavy atom. The summed E-state index contributed by atoms with van der Waals surface area (Å²) in [7, 11) is 0. The number of halogens is 2. The van der Waals surface area contributed by atoms with E-state index in [1.807, 2.05) is 6.92 Å². The minimum Gasteiger partial charge on any atom is -0.406 e. The number of benzene rings is 1. The quantitative estimate of drug-likeness (QED) is 0.833. The normalized spacial score (nSPS) is 11.1. The molecule has 0 atom stereocenters. The molecule has 0 aliphatic heterocycles. The Bertz CT molecular complexity index is 613. The summed E-state index contributed by atoms with van der Waals surface area (Å²) in [5.74, 6) is 1.09. The summed E-state index contributed by atoms with van der Waals surface area (Å²) in [5, 5.41) is 15.3. The lowest BCUT2D eigenvalue weighted by Gasteiger charge is -2.07. The summed E-state index contributed by atoms with van der Waals surface area (Å²) in [6.45, 7) is 7.59. The summed E-state index contributed by atoms with van der Waals surface area (Å²) in [6.07, 6.45) is 0. The zero-order chi connectivity index (χ0) is 15.4. The van der Waals surface area contributed by atoms with Crippen molar-refractivity contribution in [2.45, 2.75) is 27.3 Å². The smallest absolute Gasteiger partial charge is 0.320 e. The van der Waals surface area contributed by atoms with E-state index in [9.17, 15) is 0 Å². The average Bonchev–Trinajstić information content (AvgIpc) is 2.83. The van der Waals surface area contributed by atoms with Crippen LogP contribution in [0.4, 0.5) is 11.7 Å². The highest BCUT2D eigenvalue weighted by Crippen LogP contribution is 2.30. The zero-order valence-electron chi connectivity index (χ0n) is 12.2. The first-order valence-corrected chi connectivity index (χ1v) is 7.47. The van der Waals surface area contributed by atoms with Crippen molar-refractivity contribution < 1.29 is 4.42 Å². The Morgan fingerprint density at radius 3 is 2.67 bits per heavy atom. The van der Waals surface area contributed by atoms with Gasteiger partial charge in [-0.2, -0.15) is 0 Å². The van der Waals surface area contributed by atoms with Crippen molar-refractivity contribution in [1.82, 2.24) is 15.5 Å². The Balaban J connectivity index is 2.01. The van der Waals surface area contributed by atoms with Crippen LogP contribution in [0.3, 0.4) is 0 Å². The van der Waals surface area contributed by atoms with E-state index in [1.54, 1.807) is 12.1 Å². The Hall–Kier alpha value is -1.30. The standard InChI is InChI=1S/C14H18Cl2N4O/c1-8(2)6-17-7-13-19-20-14(21-13)18-12-5-10(15)9(3)4-11(12)16/h4-5,8,17H,6-7H2,1-3H3,(H,18,20). The van der Waals surface area contributed by atoms with Crippen molar-refractivity contribution in [2.75, 3.05) is 11.9 Å². The molecule has 1 aromatic heterocycles. The maximum atomic E-state index is 6.15. The van der Waals surface area contributed by atoms with Gasteiger partial charge in [-0.3, -0.25) is 0 Å². The second-order valence-corrected chi connectivity index (χ2v) is 6.05. The molecular formula is C14H18Cl2N4O. The molecule has 0 amide bonds. The van der Waals surface area contributed by atoms with Crippen molar-refractivity contribution in [1.29, 1.82) is 0 Å². The third-order valence-electron chi connectivity index (χ3n) is 2.79. The molecule has 114 valence electrons. The van der Waals surface area contributed by atoms with Crippen LogP contribution in [0.15, 0.2) is 16.5 Å². The van der Waals surface area contributed by atoms with Gasteiger partial charge in [-0.25, -0.2) is 0 Å². The van der Waals surface area contributed by atoms with E-state index in [0.717, 1.165) is 12.1 Å². The van der Waals surface area contributed by atoms with Crippen molar-refractivity contribution in [3.63, 3.8) is 0 Å². The third-order valence-corrected chi connectivity index (χ3v) is 3.51. The fourth-order valence-corrected chi connectivity index (χ4v) is 2.13. The lowest BCUT2D eigenvalue weighted by Crippen LogP contribution is -2.19. The number of hydrogen-bond donors (Lipinski definition) is 2. The molecule has 0 saturated carbocycles. The predicted octanol–water partition coefficient (Wildman–Crippen LogP) is 4.17. The van der Waals surface area contributed by atoms with E-state index in [2.05, 4.69) is 34.7 Å². The first-order valence-electron chi connectivity index (χ1n) is 6.71. The lowest BCUT2D eigenvalue weighted by atomic mass is 10.2. The van der Waals surface area contributed by atoms with Gasteiger partial charge in [0.1, 0.15) is 0 Å². The summed E-state index contributed by atoms with van der Waals surface area (Å²) >= 11 is 12.2. The number of nitrogens with one attached hydrogen (secondary N) is 2. The molecule has 0 bridgehead atoms. The number of aromatic nitrogens is 2. The minimum atomic E-state index is 0.290. The first-order chi connectivity index (χ1) is 9.95. The molecule has 2 rings (SSSR count). The number of hydrogen-bond acceptors (Lipinski definition) is 5. The van der Waals surface area contributed by atoms with Gasteiger partial charge in [-0.05, 0) is 37.1 Å². The monoisotopic (exact) mass is 328 g/mol. The summed E-state index contributed by atoms with van der Waals surface area (Å²) in [5.41, 5.74) is 1.55. The number of rotatable bonds is 6. The fourth-order valence-electron chi connectivity index (χ4n) is 1.70. The van der Waals surface area contributed by atoms with E-state index >= 15 is 0 Å². The maximum Gasteiger partial charge on any atom is 0.320 e. The van der Waals surface area contributed by atoms with Crippen LogP contribution in [0.1, 0.15) is 25.3 Å². The molecule has 0 fully saturated rings. The Labute approximate surface area is 134 Å². The van der Waals surface area contributed by atoms with Gasteiger partial charge in [0.2, 0.25) is 5.89 Å². The van der Waals surface area contributed by atoms with E-state index in [-0.39, 0.29) is 6.01 Å². The van der Waals surface area contributed by atoms with Crippen molar-refractivity contribution in [2.24, 2.45) is 5.92 Å². The molecular weight excluding hydrogens is 311 g/mol. The van der Waals surface area contributed by atoms with Crippen molar-refractivity contribution in [3.8, 4) is 0 Å². The largest absolute Gasteiger partial charge is 0.406 e. The summed E-state index contributed by atoms with van der Waals surface area (Å²) in [4.78, 5) is 0. The molecule has 5 nitrogen and oxygen atoms in total. The van der Waals surface area contributed by atoms with Gasteiger partial charge in [0, 0.05) is 5.02 Å². The SMILES string of the molecule is Cc1cc(Cl)c(Nc2nnc(CNCC(C)C)o2)cc1Cl. The molecule has 0 aliphatic rings. The predicted molar refractivity (Wildman–Crippen MR) is 85.3 cm³/mol. The van der Waals surface area contributed by atoms with Gasteiger partial charge in [0.15, 0.2) is 0 Å². The molecule has 0 saturated heterocycles. The summed E-state index contributed by atoms with van der Waals surface area (Å²) in [6, 6.07) is 3.81. The molecule has 1 heterocycles. The highest BCUT2D eigenvalue weighted by atomic mass is 35.5. The van der Waals surface area contributed by atoms with Gasteiger partial charge in [-0.1, -0.05) is 42.1 Å². The van der Waals surface area contributed by atoms with Gasteiger partial charge < -0.3 is 15.1 Å². The van der Waals surface area contributed by atoms with Gasteiger partial charge in [0.05, 0.1) is 17.3 Å². The first kappa shape index (κ1) is 16.1. The highest BCUT2D eigenvalue weighted by Gasteiger charge is 2.10. The van der Waals surface area contributed by atoms with Gasteiger partial charge >= 0.3 is 6.01 Å². The number of anilines is 2. The van der Waals surface area contributed by atoms with Crippen LogP contribution in [-0.4, -0.2) is 16.7 Å². The average molecular weight is 329 g/mol. The van der Waals surface area contributed by atoms with Crippen LogP contribution >= 0.6 is 23.2 Å². The molecule has 0 unspecified atom stereocenters. The minimum absolute atomic E-state index is 0.290. The van der Waals surface area contributed by atoms with Crippen LogP contribution in [0, 0.1) is 12.8 Å². The highest BCUT2D eigenvalue weighted by molar-refractivity contribution is 6.35. The molecule has 2 aromatic rings. The van der Waals surface area contributed by atoms with Crippen LogP contribution < -0.4 is 10.6 Å². The molecule has 0 aliphatic carbocycles. The molecule has 0 spiro atoms.